The molecule has 110 valence electrons. The average Bonchev–Trinajstić information content (AvgIpc) is 2.22. The molecule has 3 N–H and O–H groups in total. The zero-order valence-corrected chi connectivity index (χ0v) is 12.4. The Bertz CT molecular complexity index is 195. The number of aliphatic hydroxyl groups excluding tert-OH is 1. The molecule has 0 amide bonds. The molecule has 2 unspecified atom stereocenters. The second-order valence-electron chi connectivity index (χ2n) is 5.81. The van der Waals surface area contributed by atoms with Crippen LogP contribution in [0, 0.1) is 5.92 Å². The van der Waals surface area contributed by atoms with Crippen LogP contribution in [0.5, 0.6) is 0 Å². The Balaban J connectivity index is 3.57. The lowest BCUT2D eigenvalue weighted by Gasteiger charge is -2.26. The summed E-state index contributed by atoms with van der Waals surface area (Å²) in [5, 5.41) is 22.8. The van der Waals surface area contributed by atoms with Gasteiger partial charge in [0, 0.05) is 19.7 Å². The fourth-order valence-corrected chi connectivity index (χ4v) is 1.98. The van der Waals surface area contributed by atoms with Gasteiger partial charge in [0.2, 0.25) is 0 Å². The van der Waals surface area contributed by atoms with E-state index < -0.39 is 11.7 Å². The average molecular weight is 261 g/mol. The first kappa shape index (κ1) is 17.8. The van der Waals surface area contributed by atoms with Crippen LogP contribution in [0.25, 0.3) is 0 Å². The summed E-state index contributed by atoms with van der Waals surface area (Å²) in [7, 11) is 0. The fourth-order valence-electron chi connectivity index (χ4n) is 1.98. The molecule has 0 fully saturated rings. The molecule has 0 aromatic heterocycles. The van der Waals surface area contributed by atoms with Crippen molar-refractivity contribution >= 4 is 0 Å². The van der Waals surface area contributed by atoms with Crippen molar-refractivity contribution in [3.63, 3.8) is 0 Å². The summed E-state index contributed by atoms with van der Waals surface area (Å²) in [6.45, 7) is 10.1. The van der Waals surface area contributed by atoms with E-state index in [1.807, 2.05) is 6.92 Å². The van der Waals surface area contributed by atoms with Crippen molar-refractivity contribution < 1.29 is 14.9 Å². The number of ether oxygens (including phenoxy) is 1. The Morgan fingerprint density at radius 3 is 2.56 bits per heavy atom. The summed E-state index contributed by atoms with van der Waals surface area (Å²) in [5.74, 6) is 0.462. The number of hydrogen-bond acceptors (Lipinski definition) is 4. The highest BCUT2D eigenvalue weighted by Gasteiger charge is 2.21. The Kier molecular flexibility index (Phi) is 9.64. The van der Waals surface area contributed by atoms with Gasteiger partial charge in [0.05, 0.1) is 18.3 Å². The molecule has 4 nitrogen and oxygen atoms in total. The SMILES string of the molecule is CCCCOCC(O)CNCC(C)(O)CC(C)C. The maximum Gasteiger partial charge on any atom is 0.0897 e. The Labute approximate surface area is 112 Å². The van der Waals surface area contributed by atoms with Gasteiger partial charge in [-0.25, -0.2) is 0 Å². The largest absolute Gasteiger partial charge is 0.389 e. The van der Waals surface area contributed by atoms with E-state index in [2.05, 4.69) is 26.1 Å². The number of unbranched alkanes of at least 4 members (excludes halogenated alkanes) is 1. The van der Waals surface area contributed by atoms with Crippen molar-refractivity contribution in [3.8, 4) is 0 Å². The molecule has 0 saturated heterocycles. The van der Waals surface area contributed by atoms with Gasteiger partial charge in [-0.2, -0.15) is 0 Å². The van der Waals surface area contributed by atoms with E-state index in [1.165, 1.54) is 0 Å². The first-order chi connectivity index (χ1) is 8.37. The topological polar surface area (TPSA) is 61.7 Å². The van der Waals surface area contributed by atoms with Crippen LogP contribution in [0.1, 0.15) is 47.0 Å². The normalized spacial score (nSPS) is 16.8. The van der Waals surface area contributed by atoms with E-state index in [-0.39, 0.29) is 0 Å². The maximum absolute atomic E-state index is 10.1. The Morgan fingerprint density at radius 2 is 2.00 bits per heavy atom. The first-order valence-electron chi connectivity index (χ1n) is 7.06. The quantitative estimate of drug-likeness (QED) is 0.494. The van der Waals surface area contributed by atoms with Crippen LogP contribution in [0.2, 0.25) is 0 Å². The molecule has 0 spiro atoms. The van der Waals surface area contributed by atoms with Gasteiger partial charge < -0.3 is 20.3 Å². The van der Waals surface area contributed by atoms with Gasteiger partial charge in [0.25, 0.3) is 0 Å². The van der Waals surface area contributed by atoms with Gasteiger partial charge in [-0.15, -0.1) is 0 Å². The molecule has 0 heterocycles. The number of aliphatic hydroxyl groups is 2. The van der Waals surface area contributed by atoms with Crippen molar-refractivity contribution in [2.75, 3.05) is 26.3 Å². The van der Waals surface area contributed by atoms with Gasteiger partial charge in [-0.3, -0.25) is 0 Å². The van der Waals surface area contributed by atoms with E-state index in [0.29, 0.717) is 32.2 Å². The third kappa shape index (κ3) is 11.0. The summed E-state index contributed by atoms with van der Waals surface area (Å²) in [6.07, 6.45) is 2.38. The molecule has 0 aliphatic carbocycles. The number of nitrogens with one attached hydrogen (secondary N) is 1. The zero-order chi connectivity index (χ0) is 14.0. The van der Waals surface area contributed by atoms with Crippen molar-refractivity contribution in [1.29, 1.82) is 0 Å². The van der Waals surface area contributed by atoms with Crippen molar-refractivity contribution in [2.24, 2.45) is 5.92 Å². The summed E-state index contributed by atoms with van der Waals surface area (Å²) < 4.78 is 5.33. The standard InChI is InChI=1S/C14H31NO3/c1-5-6-7-18-10-13(16)9-15-11-14(4,17)8-12(2)3/h12-13,15-17H,5-11H2,1-4H3. The molecule has 0 aliphatic rings. The second kappa shape index (κ2) is 9.73. The van der Waals surface area contributed by atoms with Crippen molar-refractivity contribution in [2.45, 2.75) is 58.7 Å². The molecule has 0 aliphatic heterocycles. The van der Waals surface area contributed by atoms with Crippen LogP contribution in [-0.2, 0) is 4.74 Å². The summed E-state index contributed by atoms with van der Waals surface area (Å²) in [4.78, 5) is 0. The highest BCUT2D eigenvalue weighted by Crippen LogP contribution is 2.14. The number of rotatable bonds is 11. The Hall–Kier alpha value is -0.160. The van der Waals surface area contributed by atoms with Crippen LogP contribution in [0.15, 0.2) is 0 Å². The minimum Gasteiger partial charge on any atom is -0.389 e. The molecular weight excluding hydrogens is 230 g/mol. The third-order valence-electron chi connectivity index (χ3n) is 2.69. The second-order valence-corrected chi connectivity index (χ2v) is 5.81. The van der Waals surface area contributed by atoms with Crippen molar-refractivity contribution in [1.82, 2.24) is 5.32 Å². The molecular formula is C14H31NO3. The summed E-state index contributed by atoms with van der Waals surface area (Å²) in [5.41, 5.74) is -0.711. The Morgan fingerprint density at radius 1 is 1.33 bits per heavy atom. The van der Waals surface area contributed by atoms with Crippen LogP contribution in [0.4, 0.5) is 0 Å². The van der Waals surface area contributed by atoms with Crippen LogP contribution >= 0.6 is 0 Å². The molecule has 0 aromatic carbocycles. The maximum atomic E-state index is 10.1. The molecule has 0 aromatic rings. The molecule has 0 radical (unpaired) electrons. The predicted molar refractivity (Wildman–Crippen MR) is 74.7 cm³/mol. The number of hydrogen-bond donors (Lipinski definition) is 3. The van der Waals surface area contributed by atoms with Crippen LogP contribution in [-0.4, -0.2) is 48.2 Å². The van der Waals surface area contributed by atoms with Gasteiger partial charge in [-0.1, -0.05) is 27.2 Å². The van der Waals surface area contributed by atoms with Crippen LogP contribution in [0.3, 0.4) is 0 Å². The lowest BCUT2D eigenvalue weighted by Crippen LogP contribution is -2.42. The molecule has 18 heavy (non-hydrogen) atoms. The predicted octanol–water partition coefficient (Wildman–Crippen LogP) is 1.55. The first-order valence-corrected chi connectivity index (χ1v) is 7.06. The highest BCUT2D eigenvalue weighted by molar-refractivity contribution is 4.77. The van der Waals surface area contributed by atoms with Gasteiger partial charge in [-0.05, 0) is 25.7 Å². The minimum absolute atomic E-state index is 0.360. The zero-order valence-electron chi connectivity index (χ0n) is 12.4. The minimum atomic E-state index is -0.711. The van der Waals surface area contributed by atoms with Gasteiger partial charge in [0.1, 0.15) is 0 Å². The van der Waals surface area contributed by atoms with E-state index >= 15 is 0 Å². The molecule has 4 heteroatoms. The van der Waals surface area contributed by atoms with E-state index in [0.717, 1.165) is 19.3 Å². The summed E-state index contributed by atoms with van der Waals surface area (Å²) >= 11 is 0. The van der Waals surface area contributed by atoms with E-state index in [9.17, 15) is 10.2 Å². The van der Waals surface area contributed by atoms with Gasteiger partial charge >= 0.3 is 0 Å². The van der Waals surface area contributed by atoms with Gasteiger partial charge in [0.15, 0.2) is 0 Å². The van der Waals surface area contributed by atoms with E-state index in [1.54, 1.807) is 0 Å². The van der Waals surface area contributed by atoms with E-state index in [4.69, 9.17) is 4.74 Å². The lowest BCUT2D eigenvalue weighted by molar-refractivity contribution is 0.0192. The lowest BCUT2D eigenvalue weighted by atomic mass is 9.94. The summed E-state index contributed by atoms with van der Waals surface area (Å²) in [6, 6.07) is 0. The molecule has 0 bridgehead atoms. The molecule has 0 rings (SSSR count). The fraction of sp³-hybridized carbons (Fsp3) is 1.00. The smallest absolute Gasteiger partial charge is 0.0897 e. The van der Waals surface area contributed by atoms with Crippen LogP contribution < -0.4 is 5.32 Å². The molecule has 0 saturated carbocycles. The monoisotopic (exact) mass is 261 g/mol. The molecule has 2 atom stereocenters. The highest BCUT2D eigenvalue weighted by atomic mass is 16.5. The van der Waals surface area contributed by atoms with Crippen molar-refractivity contribution in [3.05, 3.63) is 0 Å². The third-order valence-corrected chi connectivity index (χ3v) is 2.69.